The number of morpholine rings is 1. The molecular formula is C20H20ClNO4. The third-order valence-electron chi connectivity index (χ3n) is 4.68. The van der Waals surface area contributed by atoms with Crippen molar-refractivity contribution in [1.82, 2.24) is 4.90 Å². The van der Waals surface area contributed by atoms with Crippen molar-refractivity contribution in [2.24, 2.45) is 0 Å². The normalized spacial score (nSPS) is 17.0. The topological polar surface area (TPSA) is 48.0 Å². The summed E-state index contributed by atoms with van der Waals surface area (Å²) in [6, 6.07) is 10.7. The number of carbonyl (C=O) groups excluding carboxylic acids is 1. The van der Waals surface area contributed by atoms with E-state index in [1.807, 2.05) is 18.2 Å². The predicted octanol–water partition coefficient (Wildman–Crippen LogP) is 3.17. The number of hydrogen-bond acceptors (Lipinski definition) is 5. The van der Waals surface area contributed by atoms with Gasteiger partial charge in [0, 0.05) is 30.2 Å². The average Bonchev–Trinajstić information content (AvgIpc) is 2.80. The predicted molar refractivity (Wildman–Crippen MR) is 98.4 cm³/mol. The summed E-state index contributed by atoms with van der Waals surface area (Å²) in [7, 11) is 0. The molecule has 2 aliphatic heterocycles. The molecular weight excluding hydrogens is 354 g/mol. The number of fused-ring (bicyclic) bond motifs is 2. The molecule has 0 unspecified atom stereocenters. The molecule has 2 aromatic rings. The van der Waals surface area contributed by atoms with Crippen LogP contribution in [0.5, 0.6) is 11.5 Å². The molecule has 4 rings (SSSR count). The van der Waals surface area contributed by atoms with Crippen LogP contribution in [0.2, 0.25) is 5.02 Å². The SMILES string of the molecule is O=C1c2ccc(Cl)cc2OCc2cccc(OCCN3CCOCC3)c21. The van der Waals surface area contributed by atoms with Crippen molar-refractivity contribution in [3.8, 4) is 11.5 Å². The lowest BCUT2D eigenvalue weighted by molar-refractivity contribution is 0.0322. The van der Waals surface area contributed by atoms with Crippen LogP contribution < -0.4 is 9.47 Å². The van der Waals surface area contributed by atoms with Gasteiger partial charge in [-0.2, -0.15) is 0 Å². The molecule has 136 valence electrons. The molecule has 0 saturated carbocycles. The van der Waals surface area contributed by atoms with Gasteiger partial charge in [-0.05, 0) is 24.3 Å². The van der Waals surface area contributed by atoms with Gasteiger partial charge in [-0.1, -0.05) is 23.7 Å². The van der Waals surface area contributed by atoms with Crippen LogP contribution in [0, 0.1) is 0 Å². The van der Waals surface area contributed by atoms with Gasteiger partial charge in [-0.3, -0.25) is 9.69 Å². The Labute approximate surface area is 157 Å². The molecule has 2 heterocycles. The molecule has 0 aliphatic carbocycles. The van der Waals surface area contributed by atoms with E-state index in [1.165, 1.54) is 0 Å². The van der Waals surface area contributed by atoms with E-state index in [0.29, 0.717) is 40.9 Å². The van der Waals surface area contributed by atoms with Crippen LogP contribution in [0.25, 0.3) is 0 Å². The fourth-order valence-electron chi connectivity index (χ4n) is 3.28. The molecule has 26 heavy (non-hydrogen) atoms. The Balaban J connectivity index is 1.55. The van der Waals surface area contributed by atoms with E-state index in [9.17, 15) is 4.79 Å². The second-order valence-corrected chi connectivity index (χ2v) is 6.79. The number of nitrogens with zero attached hydrogens (tertiary/aromatic N) is 1. The Kier molecular flexibility index (Phi) is 5.11. The Bertz CT molecular complexity index is 817. The molecule has 0 amide bonds. The lowest BCUT2D eigenvalue weighted by atomic mass is 9.98. The van der Waals surface area contributed by atoms with E-state index in [4.69, 9.17) is 25.8 Å². The maximum atomic E-state index is 13.1. The Hall–Kier alpha value is -2.08. The zero-order valence-corrected chi connectivity index (χ0v) is 15.1. The number of carbonyl (C=O) groups is 1. The minimum absolute atomic E-state index is 0.0915. The van der Waals surface area contributed by atoms with Crippen LogP contribution in [0.15, 0.2) is 36.4 Å². The smallest absolute Gasteiger partial charge is 0.200 e. The van der Waals surface area contributed by atoms with Crippen molar-refractivity contribution in [3.63, 3.8) is 0 Å². The first-order chi connectivity index (χ1) is 12.7. The summed E-state index contributed by atoms with van der Waals surface area (Å²) in [6.45, 7) is 5.00. The Morgan fingerprint density at radius 2 is 2.00 bits per heavy atom. The standard InChI is InChI=1S/C20H20ClNO4/c21-15-4-5-16-18(12-15)26-13-14-2-1-3-17(19(14)20(16)23)25-11-8-22-6-9-24-10-7-22/h1-5,12H,6-11,13H2. The van der Waals surface area contributed by atoms with Crippen LogP contribution in [0.4, 0.5) is 0 Å². The van der Waals surface area contributed by atoms with Crippen LogP contribution in [0.3, 0.4) is 0 Å². The fraction of sp³-hybridized carbons (Fsp3) is 0.350. The van der Waals surface area contributed by atoms with Crippen molar-refractivity contribution in [2.75, 3.05) is 39.5 Å². The lowest BCUT2D eigenvalue weighted by Gasteiger charge is -2.26. The molecule has 0 spiro atoms. The molecule has 2 aromatic carbocycles. The number of rotatable bonds is 4. The molecule has 2 aliphatic rings. The van der Waals surface area contributed by atoms with E-state index >= 15 is 0 Å². The van der Waals surface area contributed by atoms with Crippen molar-refractivity contribution < 1.29 is 19.0 Å². The van der Waals surface area contributed by atoms with Gasteiger partial charge in [0.25, 0.3) is 0 Å². The van der Waals surface area contributed by atoms with E-state index in [0.717, 1.165) is 38.4 Å². The minimum Gasteiger partial charge on any atom is -0.491 e. The molecule has 1 saturated heterocycles. The van der Waals surface area contributed by atoms with Crippen molar-refractivity contribution in [1.29, 1.82) is 0 Å². The third kappa shape index (κ3) is 3.56. The monoisotopic (exact) mass is 373 g/mol. The van der Waals surface area contributed by atoms with Gasteiger partial charge in [-0.25, -0.2) is 0 Å². The highest BCUT2D eigenvalue weighted by atomic mass is 35.5. The maximum absolute atomic E-state index is 13.1. The molecule has 6 heteroatoms. The largest absolute Gasteiger partial charge is 0.491 e. The summed E-state index contributed by atoms with van der Waals surface area (Å²) >= 11 is 6.03. The summed E-state index contributed by atoms with van der Waals surface area (Å²) in [6.07, 6.45) is 0. The first kappa shape index (κ1) is 17.3. The highest BCUT2D eigenvalue weighted by Crippen LogP contribution is 2.34. The Morgan fingerprint density at radius 3 is 2.85 bits per heavy atom. The molecule has 0 atom stereocenters. The molecule has 0 bridgehead atoms. The Morgan fingerprint density at radius 1 is 1.15 bits per heavy atom. The second kappa shape index (κ2) is 7.66. The summed E-state index contributed by atoms with van der Waals surface area (Å²) in [4.78, 5) is 15.4. The molecule has 1 fully saturated rings. The highest BCUT2D eigenvalue weighted by molar-refractivity contribution is 6.31. The third-order valence-corrected chi connectivity index (χ3v) is 4.91. The fourth-order valence-corrected chi connectivity index (χ4v) is 3.44. The first-order valence-corrected chi connectivity index (χ1v) is 9.12. The average molecular weight is 374 g/mol. The van der Waals surface area contributed by atoms with Gasteiger partial charge in [0.2, 0.25) is 5.78 Å². The number of halogens is 1. The van der Waals surface area contributed by atoms with Gasteiger partial charge < -0.3 is 14.2 Å². The van der Waals surface area contributed by atoms with Crippen LogP contribution in [0.1, 0.15) is 21.5 Å². The van der Waals surface area contributed by atoms with Gasteiger partial charge in [0.05, 0.1) is 24.3 Å². The van der Waals surface area contributed by atoms with Crippen LogP contribution in [-0.2, 0) is 11.3 Å². The van der Waals surface area contributed by atoms with Gasteiger partial charge in [0.15, 0.2) is 0 Å². The number of ketones is 1. The van der Waals surface area contributed by atoms with E-state index in [1.54, 1.807) is 18.2 Å². The van der Waals surface area contributed by atoms with Gasteiger partial charge >= 0.3 is 0 Å². The van der Waals surface area contributed by atoms with Gasteiger partial charge in [0.1, 0.15) is 24.7 Å². The maximum Gasteiger partial charge on any atom is 0.200 e. The van der Waals surface area contributed by atoms with Crippen molar-refractivity contribution in [2.45, 2.75) is 6.61 Å². The summed E-state index contributed by atoms with van der Waals surface area (Å²) < 4.78 is 17.1. The first-order valence-electron chi connectivity index (χ1n) is 8.74. The van der Waals surface area contributed by atoms with E-state index in [2.05, 4.69) is 4.90 Å². The molecule has 0 aromatic heterocycles. The van der Waals surface area contributed by atoms with E-state index in [-0.39, 0.29) is 5.78 Å². The number of benzene rings is 2. The summed E-state index contributed by atoms with van der Waals surface area (Å²) in [5.74, 6) is 1.02. The quantitative estimate of drug-likeness (QED) is 0.823. The summed E-state index contributed by atoms with van der Waals surface area (Å²) in [5, 5.41) is 0.546. The van der Waals surface area contributed by atoms with Crippen molar-refractivity contribution >= 4 is 17.4 Å². The van der Waals surface area contributed by atoms with Crippen molar-refractivity contribution in [3.05, 3.63) is 58.1 Å². The molecule has 5 nitrogen and oxygen atoms in total. The van der Waals surface area contributed by atoms with Crippen LogP contribution >= 0.6 is 11.6 Å². The minimum atomic E-state index is -0.0915. The highest BCUT2D eigenvalue weighted by Gasteiger charge is 2.26. The van der Waals surface area contributed by atoms with Crippen LogP contribution in [-0.4, -0.2) is 50.1 Å². The number of hydrogen-bond donors (Lipinski definition) is 0. The van der Waals surface area contributed by atoms with E-state index < -0.39 is 0 Å². The second-order valence-electron chi connectivity index (χ2n) is 6.35. The number of ether oxygens (including phenoxy) is 3. The molecule has 0 radical (unpaired) electrons. The lowest BCUT2D eigenvalue weighted by Crippen LogP contribution is -2.38. The molecule has 0 N–H and O–H groups in total. The summed E-state index contributed by atoms with van der Waals surface area (Å²) in [5.41, 5.74) is 1.92. The zero-order chi connectivity index (χ0) is 17.9. The van der Waals surface area contributed by atoms with Gasteiger partial charge in [-0.15, -0.1) is 0 Å². The zero-order valence-electron chi connectivity index (χ0n) is 14.4.